The van der Waals surface area contributed by atoms with Crippen LogP contribution < -0.4 is 16.0 Å². The Morgan fingerprint density at radius 1 is 0.974 bits per heavy atom. The van der Waals surface area contributed by atoms with E-state index in [-0.39, 0.29) is 43.9 Å². The van der Waals surface area contributed by atoms with Crippen molar-refractivity contribution in [1.82, 2.24) is 16.0 Å². The Morgan fingerprint density at radius 3 is 2.18 bits per heavy atom. The Hall–Kier alpha value is -3.03. The van der Waals surface area contributed by atoms with E-state index >= 15 is 0 Å². The zero-order valence-electron chi connectivity index (χ0n) is 21.5. The van der Waals surface area contributed by atoms with Crippen LogP contribution in [0.25, 0.3) is 0 Å². The highest BCUT2D eigenvalue weighted by molar-refractivity contribution is 7.47. The molecule has 6 N–H and O–H groups in total. The van der Waals surface area contributed by atoms with Gasteiger partial charge in [-0.3, -0.25) is 28.2 Å². The molecule has 0 spiro atoms. The third-order valence-corrected chi connectivity index (χ3v) is 5.94. The minimum atomic E-state index is -4.57. The number of carbonyl (C=O) groups excluding carboxylic acids is 3. The molecule has 0 aliphatic carbocycles. The maximum atomic E-state index is 12.3. The van der Waals surface area contributed by atoms with Gasteiger partial charge in [0.2, 0.25) is 17.7 Å². The number of amides is 3. The Labute approximate surface area is 220 Å². The summed E-state index contributed by atoms with van der Waals surface area (Å²) >= 11 is 0. The summed E-state index contributed by atoms with van der Waals surface area (Å²) in [5.41, 5.74) is 0.523. The van der Waals surface area contributed by atoms with Gasteiger partial charge < -0.3 is 35.8 Å². The Balaban J connectivity index is 2.45. The van der Waals surface area contributed by atoms with E-state index in [9.17, 15) is 38.8 Å². The van der Waals surface area contributed by atoms with Crippen LogP contribution in [0.15, 0.2) is 24.3 Å². The molecule has 0 bridgehead atoms. The first kappa shape index (κ1) is 33.0. The van der Waals surface area contributed by atoms with Gasteiger partial charge in [0.1, 0.15) is 11.7 Å². The third-order valence-electron chi connectivity index (χ3n) is 4.96. The number of carbonyl (C=O) groups is 4. The van der Waals surface area contributed by atoms with E-state index in [4.69, 9.17) is 13.8 Å². The molecule has 0 aliphatic rings. The quantitative estimate of drug-likeness (QED) is 0.0816. The fourth-order valence-electron chi connectivity index (χ4n) is 3.16. The standard InChI is InChI=1S/C23H36N3O11P/c1-15(25-16(2)27)8-10-35-13-19(26-17(3)28)14-37-38(33,34)36-11-9-24-22(30)21(23(31)32)12-18-4-6-20(29)7-5-18/h4-7,15,19,21,29H,8-14H2,1-3H3,(H,24,30)(H,25,27)(H,26,28)(H,31,32)(H,33,34)/t15-,19+,21-/m0/s1. The molecule has 0 fully saturated rings. The zero-order chi connectivity index (χ0) is 28.7. The number of aromatic hydroxyl groups is 1. The molecule has 3 amide bonds. The van der Waals surface area contributed by atoms with Gasteiger partial charge in [0.05, 0.1) is 25.9 Å². The highest BCUT2D eigenvalue weighted by atomic mass is 31.2. The lowest BCUT2D eigenvalue weighted by atomic mass is 9.98. The molecular formula is C23H36N3O11P. The molecule has 0 saturated carbocycles. The molecule has 4 atom stereocenters. The van der Waals surface area contributed by atoms with E-state index in [0.717, 1.165) is 0 Å². The molecular weight excluding hydrogens is 525 g/mol. The predicted molar refractivity (Wildman–Crippen MR) is 134 cm³/mol. The van der Waals surface area contributed by atoms with Crippen molar-refractivity contribution in [3.8, 4) is 5.75 Å². The van der Waals surface area contributed by atoms with Gasteiger partial charge in [0, 0.05) is 33.0 Å². The van der Waals surface area contributed by atoms with Crippen LogP contribution in [0.5, 0.6) is 5.75 Å². The van der Waals surface area contributed by atoms with Crippen molar-refractivity contribution in [3.05, 3.63) is 29.8 Å². The molecule has 14 nitrogen and oxygen atoms in total. The molecule has 0 aromatic heterocycles. The summed E-state index contributed by atoms with van der Waals surface area (Å²) < 4.78 is 27.4. The van der Waals surface area contributed by atoms with Crippen LogP contribution in [-0.2, 0) is 43.9 Å². The molecule has 1 aromatic rings. The monoisotopic (exact) mass is 561 g/mol. The van der Waals surface area contributed by atoms with E-state index in [2.05, 4.69) is 16.0 Å². The minimum absolute atomic E-state index is 0.00197. The summed E-state index contributed by atoms with van der Waals surface area (Å²) in [5, 5.41) is 26.2. The highest BCUT2D eigenvalue weighted by Gasteiger charge is 2.27. The van der Waals surface area contributed by atoms with Crippen LogP contribution in [0.1, 0.15) is 32.8 Å². The number of phenolic OH excluding ortho intramolecular Hbond substituents is 1. The number of phenols is 1. The van der Waals surface area contributed by atoms with Crippen molar-refractivity contribution >= 4 is 31.5 Å². The van der Waals surface area contributed by atoms with Gasteiger partial charge in [-0.15, -0.1) is 0 Å². The maximum absolute atomic E-state index is 12.3. The van der Waals surface area contributed by atoms with Crippen LogP contribution in [0.2, 0.25) is 0 Å². The molecule has 1 unspecified atom stereocenters. The lowest BCUT2D eigenvalue weighted by molar-refractivity contribution is -0.147. The number of rotatable bonds is 18. The average molecular weight is 562 g/mol. The topological polar surface area (TPSA) is 210 Å². The average Bonchev–Trinajstić information content (AvgIpc) is 2.81. The number of phosphoric acid groups is 1. The Kier molecular flexibility index (Phi) is 14.5. The molecule has 1 aromatic carbocycles. The van der Waals surface area contributed by atoms with Crippen molar-refractivity contribution in [2.45, 2.75) is 45.7 Å². The van der Waals surface area contributed by atoms with Gasteiger partial charge in [0.15, 0.2) is 0 Å². The second-order valence-electron chi connectivity index (χ2n) is 8.51. The molecule has 0 heterocycles. The predicted octanol–water partition coefficient (Wildman–Crippen LogP) is 0.321. The van der Waals surface area contributed by atoms with Crippen LogP contribution >= 0.6 is 7.82 Å². The number of carboxylic acid groups (broad SMARTS) is 1. The number of hydrogen-bond donors (Lipinski definition) is 6. The van der Waals surface area contributed by atoms with Gasteiger partial charge in [-0.2, -0.15) is 0 Å². The first-order chi connectivity index (χ1) is 17.8. The second kappa shape index (κ2) is 16.7. The SMILES string of the molecule is CC(=O)N[C@H](COCC[C@H](C)NC(C)=O)COP(=O)(O)OCCNC(=O)[C@H](Cc1ccc(O)cc1)C(=O)O. The molecule has 0 radical (unpaired) electrons. The lowest BCUT2D eigenvalue weighted by Crippen LogP contribution is -2.40. The summed E-state index contributed by atoms with van der Waals surface area (Å²) in [6, 6.07) is 4.85. The molecule has 0 aliphatic heterocycles. The summed E-state index contributed by atoms with van der Waals surface area (Å²) in [6.07, 6.45) is 0.390. The van der Waals surface area contributed by atoms with Crippen molar-refractivity contribution in [3.63, 3.8) is 0 Å². The third kappa shape index (κ3) is 14.6. The van der Waals surface area contributed by atoms with Crippen LogP contribution in [-0.4, -0.2) is 83.9 Å². The first-order valence-electron chi connectivity index (χ1n) is 11.8. The minimum Gasteiger partial charge on any atom is -0.508 e. The van der Waals surface area contributed by atoms with Crippen molar-refractivity contribution in [2.75, 3.05) is 33.0 Å². The van der Waals surface area contributed by atoms with E-state index in [1.807, 2.05) is 0 Å². The van der Waals surface area contributed by atoms with Gasteiger partial charge in [-0.25, -0.2) is 4.57 Å². The van der Waals surface area contributed by atoms with Gasteiger partial charge in [-0.1, -0.05) is 12.1 Å². The number of nitrogens with one attached hydrogen (secondary N) is 3. The van der Waals surface area contributed by atoms with E-state index < -0.39 is 50.8 Å². The van der Waals surface area contributed by atoms with Crippen LogP contribution in [0, 0.1) is 5.92 Å². The van der Waals surface area contributed by atoms with Gasteiger partial charge >= 0.3 is 13.8 Å². The van der Waals surface area contributed by atoms with Crippen LogP contribution in [0.3, 0.4) is 0 Å². The van der Waals surface area contributed by atoms with Crippen LogP contribution in [0.4, 0.5) is 0 Å². The smallest absolute Gasteiger partial charge is 0.472 e. The normalized spacial score (nSPS) is 14.9. The molecule has 1 rings (SSSR count). The van der Waals surface area contributed by atoms with E-state index in [1.165, 1.54) is 38.1 Å². The number of carboxylic acids is 1. The molecule has 15 heteroatoms. The number of benzene rings is 1. The first-order valence-corrected chi connectivity index (χ1v) is 13.3. The van der Waals surface area contributed by atoms with Crippen molar-refractivity contribution in [1.29, 1.82) is 0 Å². The number of ether oxygens (including phenoxy) is 1. The second-order valence-corrected chi connectivity index (χ2v) is 9.97. The maximum Gasteiger partial charge on any atom is 0.472 e. The lowest BCUT2D eigenvalue weighted by Gasteiger charge is -2.20. The zero-order valence-corrected chi connectivity index (χ0v) is 22.4. The Morgan fingerprint density at radius 2 is 1.61 bits per heavy atom. The molecule has 38 heavy (non-hydrogen) atoms. The van der Waals surface area contributed by atoms with Crippen molar-refractivity contribution < 1.29 is 52.6 Å². The number of phosphoric ester groups is 1. The number of aliphatic carboxylic acids is 1. The molecule has 0 saturated heterocycles. The number of hydrogen-bond acceptors (Lipinski definition) is 9. The van der Waals surface area contributed by atoms with E-state index in [0.29, 0.717) is 12.0 Å². The Bertz CT molecular complexity index is 974. The summed E-state index contributed by atoms with van der Waals surface area (Å²) in [6.45, 7) is 3.57. The van der Waals surface area contributed by atoms with Gasteiger partial charge in [-0.05, 0) is 37.5 Å². The fourth-order valence-corrected chi connectivity index (χ4v) is 3.93. The van der Waals surface area contributed by atoms with E-state index in [1.54, 1.807) is 6.92 Å². The van der Waals surface area contributed by atoms with Crippen molar-refractivity contribution in [2.24, 2.45) is 5.92 Å². The molecule has 214 valence electrons. The highest BCUT2D eigenvalue weighted by Crippen LogP contribution is 2.42. The van der Waals surface area contributed by atoms with Gasteiger partial charge in [0.25, 0.3) is 0 Å². The largest absolute Gasteiger partial charge is 0.508 e. The fraction of sp³-hybridized carbons (Fsp3) is 0.565. The summed E-state index contributed by atoms with van der Waals surface area (Å²) in [4.78, 5) is 56.1. The summed E-state index contributed by atoms with van der Waals surface area (Å²) in [5.74, 6) is -4.18. The summed E-state index contributed by atoms with van der Waals surface area (Å²) in [7, 11) is -4.57.